The number of carbonyl (C=O) groups excluding carboxylic acids is 1. The molecule has 5 heteroatoms. The Hall–Kier alpha value is -0.650. The maximum Gasteiger partial charge on any atom is 0.254 e. The van der Waals surface area contributed by atoms with E-state index in [2.05, 4.69) is 31.9 Å². The Labute approximate surface area is 127 Å². The zero-order valence-electron chi connectivity index (χ0n) is 9.69. The number of halogens is 2. The molecule has 0 N–H and O–H groups in total. The number of thiophene rings is 1. The highest BCUT2D eigenvalue weighted by atomic mass is 79.9. The van der Waals surface area contributed by atoms with E-state index in [0.29, 0.717) is 6.54 Å². The van der Waals surface area contributed by atoms with Gasteiger partial charge in [0.25, 0.3) is 5.91 Å². The quantitative estimate of drug-likeness (QED) is 0.755. The molecule has 0 spiro atoms. The van der Waals surface area contributed by atoms with E-state index >= 15 is 0 Å². The first kappa shape index (κ1) is 13.8. The van der Waals surface area contributed by atoms with Crippen molar-refractivity contribution in [3.8, 4) is 0 Å². The molecule has 18 heavy (non-hydrogen) atoms. The monoisotopic (exact) mass is 387 g/mol. The van der Waals surface area contributed by atoms with Gasteiger partial charge in [0, 0.05) is 23.4 Å². The first-order valence-corrected chi connectivity index (χ1v) is 7.77. The van der Waals surface area contributed by atoms with Gasteiger partial charge >= 0.3 is 0 Å². The molecule has 1 aromatic carbocycles. The molecule has 94 valence electrons. The van der Waals surface area contributed by atoms with Gasteiger partial charge in [0.2, 0.25) is 0 Å². The van der Waals surface area contributed by atoms with Crippen molar-refractivity contribution < 1.29 is 4.79 Å². The van der Waals surface area contributed by atoms with Gasteiger partial charge in [-0.05, 0) is 39.7 Å². The van der Waals surface area contributed by atoms with Gasteiger partial charge in [-0.1, -0.05) is 28.1 Å². The minimum Gasteiger partial charge on any atom is -0.337 e. The Balaban J connectivity index is 2.08. The van der Waals surface area contributed by atoms with Crippen LogP contribution in [-0.4, -0.2) is 17.9 Å². The van der Waals surface area contributed by atoms with Crippen molar-refractivity contribution in [3.05, 3.63) is 55.1 Å². The van der Waals surface area contributed by atoms with E-state index in [9.17, 15) is 4.79 Å². The summed E-state index contributed by atoms with van der Waals surface area (Å²) in [6, 6.07) is 9.83. The van der Waals surface area contributed by atoms with Gasteiger partial charge in [-0.15, -0.1) is 11.3 Å². The van der Waals surface area contributed by atoms with Crippen molar-refractivity contribution in [1.82, 2.24) is 4.90 Å². The summed E-state index contributed by atoms with van der Waals surface area (Å²) >= 11 is 8.32. The van der Waals surface area contributed by atoms with E-state index in [1.54, 1.807) is 4.90 Å². The summed E-state index contributed by atoms with van der Waals surface area (Å²) in [6.07, 6.45) is 0. The minimum atomic E-state index is 0.0388. The number of nitrogens with zero attached hydrogens (tertiary/aromatic N) is 1. The number of hydrogen-bond donors (Lipinski definition) is 0. The van der Waals surface area contributed by atoms with Gasteiger partial charge in [0.1, 0.15) is 0 Å². The summed E-state index contributed by atoms with van der Waals surface area (Å²) in [4.78, 5) is 13.9. The number of carbonyl (C=O) groups is 1. The zero-order valence-corrected chi connectivity index (χ0v) is 13.7. The molecular formula is C13H11Br2NOS. The predicted molar refractivity (Wildman–Crippen MR) is 82.0 cm³/mol. The van der Waals surface area contributed by atoms with Crippen molar-refractivity contribution in [2.45, 2.75) is 6.54 Å². The molecule has 2 nitrogen and oxygen atoms in total. The van der Waals surface area contributed by atoms with E-state index in [4.69, 9.17) is 0 Å². The van der Waals surface area contributed by atoms with E-state index < -0.39 is 0 Å². The van der Waals surface area contributed by atoms with E-state index in [-0.39, 0.29) is 5.91 Å². The molecule has 0 saturated heterocycles. The summed E-state index contributed by atoms with van der Waals surface area (Å²) in [5.41, 5.74) is 1.83. The molecule has 0 bridgehead atoms. The highest BCUT2D eigenvalue weighted by molar-refractivity contribution is 9.11. The SMILES string of the molecule is CN(Cc1cccc(Br)c1)C(=O)c1csc(Br)c1. The molecule has 0 fully saturated rings. The zero-order chi connectivity index (χ0) is 13.1. The lowest BCUT2D eigenvalue weighted by molar-refractivity contribution is 0.0785. The first-order chi connectivity index (χ1) is 8.56. The lowest BCUT2D eigenvalue weighted by Crippen LogP contribution is -2.25. The predicted octanol–water partition coefficient (Wildman–Crippen LogP) is 4.55. The molecule has 0 atom stereocenters. The van der Waals surface area contributed by atoms with Gasteiger partial charge in [-0.2, -0.15) is 0 Å². The molecule has 0 saturated carbocycles. The first-order valence-electron chi connectivity index (χ1n) is 5.30. The molecule has 2 aromatic rings. The third-order valence-electron chi connectivity index (χ3n) is 2.47. The minimum absolute atomic E-state index is 0.0388. The molecular weight excluding hydrogens is 378 g/mol. The van der Waals surface area contributed by atoms with Crippen LogP contribution in [0.15, 0.2) is 44.0 Å². The summed E-state index contributed by atoms with van der Waals surface area (Å²) in [5.74, 6) is 0.0388. The topological polar surface area (TPSA) is 20.3 Å². The van der Waals surface area contributed by atoms with Crippen LogP contribution in [0.2, 0.25) is 0 Å². The maximum absolute atomic E-state index is 12.1. The van der Waals surface area contributed by atoms with Crippen LogP contribution in [0.5, 0.6) is 0 Å². The Morgan fingerprint density at radius 2 is 2.11 bits per heavy atom. The number of hydrogen-bond acceptors (Lipinski definition) is 2. The van der Waals surface area contributed by atoms with Gasteiger partial charge in [-0.25, -0.2) is 0 Å². The second-order valence-corrected chi connectivity index (χ2v) is 7.14. The van der Waals surface area contributed by atoms with Crippen molar-refractivity contribution in [1.29, 1.82) is 0 Å². The van der Waals surface area contributed by atoms with Crippen LogP contribution in [0.3, 0.4) is 0 Å². The second kappa shape index (κ2) is 5.99. The van der Waals surface area contributed by atoms with Gasteiger partial charge in [-0.3, -0.25) is 4.79 Å². The normalized spacial score (nSPS) is 10.4. The van der Waals surface area contributed by atoms with Gasteiger partial charge in [0.15, 0.2) is 0 Å². The van der Waals surface area contributed by atoms with Crippen LogP contribution in [-0.2, 0) is 6.54 Å². The molecule has 2 rings (SSSR count). The average Bonchev–Trinajstić information content (AvgIpc) is 2.75. The summed E-state index contributed by atoms with van der Waals surface area (Å²) in [5, 5.41) is 1.86. The highest BCUT2D eigenvalue weighted by Gasteiger charge is 2.13. The summed E-state index contributed by atoms with van der Waals surface area (Å²) < 4.78 is 2.00. The van der Waals surface area contributed by atoms with Crippen LogP contribution >= 0.6 is 43.2 Å². The molecule has 1 heterocycles. The van der Waals surface area contributed by atoms with Crippen LogP contribution in [0.4, 0.5) is 0 Å². The fraction of sp³-hybridized carbons (Fsp3) is 0.154. The van der Waals surface area contributed by atoms with E-state index in [0.717, 1.165) is 19.4 Å². The second-order valence-electron chi connectivity index (χ2n) is 3.93. The molecule has 0 aliphatic rings. The molecule has 0 aliphatic carbocycles. The Morgan fingerprint density at radius 3 is 2.72 bits per heavy atom. The van der Waals surface area contributed by atoms with Crippen LogP contribution in [0, 0.1) is 0 Å². The smallest absolute Gasteiger partial charge is 0.254 e. The van der Waals surface area contributed by atoms with Crippen LogP contribution < -0.4 is 0 Å². The van der Waals surface area contributed by atoms with E-state index in [1.807, 2.05) is 42.8 Å². The largest absolute Gasteiger partial charge is 0.337 e. The Bertz CT molecular complexity index is 568. The van der Waals surface area contributed by atoms with Crippen molar-refractivity contribution >= 4 is 49.1 Å². The fourth-order valence-corrected chi connectivity index (χ4v) is 3.20. The van der Waals surface area contributed by atoms with Crippen LogP contribution in [0.1, 0.15) is 15.9 Å². The van der Waals surface area contributed by atoms with Crippen LogP contribution in [0.25, 0.3) is 0 Å². The maximum atomic E-state index is 12.1. The van der Waals surface area contributed by atoms with E-state index in [1.165, 1.54) is 11.3 Å². The van der Waals surface area contributed by atoms with Crippen molar-refractivity contribution in [2.24, 2.45) is 0 Å². The molecule has 0 aliphatic heterocycles. The summed E-state index contributed by atoms with van der Waals surface area (Å²) in [7, 11) is 1.81. The summed E-state index contributed by atoms with van der Waals surface area (Å²) in [6.45, 7) is 0.603. The van der Waals surface area contributed by atoms with Crippen molar-refractivity contribution in [2.75, 3.05) is 7.05 Å². The van der Waals surface area contributed by atoms with Crippen molar-refractivity contribution in [3.63, 3.8) is 0 Å². The third kappa shape index (κ3) is 3.43. The van der Waals surface area contributed by atoms with Gasteiger partial charge < -0.3 is 4.90 Å². The van der Waals surface area contributed by atoms with Gasteiger partial charge in [0.05, 0.1) is 9.35 Å². The molecule has 1 amide bonds. The highest BCUT2D eigenvalue weighted by Crippen LogP contribution is 2.22. The number of benzene rings is 1. The molecule has 0 unspecified atom stereocenters. The third-order valence-corrected chi connectivity index (χ3v) is 4.47. The average molecular weight is 389 g/mol. The Morgan fingerprint density at radius 1 is 1.33 bits per heavy atom. The molecule has 0 radical (unpaired) electrons. The lowest BCUT2D eigenvalue weighted by Gasteiger charge is -2.16. The fourth-order valence-electron chi connectivity index (χ4n) is 1.62. The lowest BCUT2D eigenvalue weighted by atomic mass is 10.2. The number of amides is 1. The number of rotatable bonds is 3. The Kier molecular flexibility index (Phi) is 4.59. The standard InChI is InChI=1S/C13H11Br2NOS/c1-16(7-9-3-2-4-11(14)5-9)13(17)10-6-12(15)18-8-10/h2-6,8H,7H2,1H3. The molecule has 1 aromatic heterocycles.